The normalized spacial score (nSPS) is 17.5. The first-order valence-electron chi connectivity index (χ1n) is 12.9. The van der Waals surface area contributed by atoms with E-state index in [9.17, 15) is 31.2 Å². The van der Waals surface area contributed by atoms with Crippen molar-refractivity contribution in [3.63, 3.8) is 0 Å². The predicted octanol–water partition coefficient (Wildman–Crippen LogP) is 4.33. The first-order valence-corrected chi connectivity index (χ1v) is 14.4. The van der Waals surface area contributed by atoms with Crippen LogP contribution in [0.2, 0.25) is 0 Å². The number of carbonyl (C=O) groups is 2. The zero-order valence-corrected chi connectivity index (χ0v) is 22.8. The highest BCUT2D eigenvalue weighted by Gasteiger charge is 2.39. The lowest BCUT2D eigenvalue weighted by atomic mass is 10.0. The van der Waals surface area contributed by atoms with Gasteiger partial charge in [0, 0.05) is 37.3 Å². The number of nitrogens with zero attached hydrogens (tertiary/aromatic N) is 4. The topological polar surface area (TPSA) is 102 Å². The summed E-state index contributed by atoms with van der Waals surface area (Å²) in [4.78, 5) is 29.0. The monoisotopic (exact) mass is 574 g/mol. The predicted molar refractivity (Wildman–Crippen MR) is 141 cm³/mol. The number of imide groups is 1. The van der Waals surface area contributed by atoms with Gasteiger partial charge in [0.15, 0.2) is 0 Å². The number of rotatable bonds is 9. The van der Waals surface area contributed by atoms with E-state index in [1.54, 1.807) is 30.3 Å². The molecule has 2 aliphatic rings. The van der Waals surface area contributed by atoms with E-state index < -0.39 is 39.1 Å². The van der Waals surface area contributed by atoms with Crippen LogP contribution in [-0.4, -0.2) is 62.2 Å². The summed E-state index contributed by atoms with van der Waals surface area (Å²) in [6.45, 7) is 4.29. The molecule has 2 heterocycles. The second-order valence-electron chi connectivity index (χ2n) is 9.76. The Hall–Kier alpha value is -3.53. The maximum atomic E-state index is 13.4. The number of halogens is 3. The van der Waals surface area contributed by atoms with Gasteiger partial charge < -0.3 is 4.90 Å². The van der Waals surface area contributed by atoms with Crippen LogP contribution in [-0.2, 0) is 25.8 Å². The van der Waals surface area contributed by atoms with Gasteiger partial charge in [0.25, 0.3) is 11.8 Å². The molecular formula is C28H29F3N4O4S. The number of anilines is 1. The molecule has 1 saturated heterocycles. The zero-order chi connectivity index (χ0) is 29.1. The van der Waals surface area contributed by atoms with Crippen LogP contribution in [0, 0.1) is 11.3 Å². The molecule has 0 spiro atoms. The summed E-state index contributed by atoms with van der Waals surface area (Å²) >= 11 is 0. The number of hydrogen-bond donors (Lipinski definition) is 0. The van der Waals surface area contributed by atoms with Gasteiger partial charge in [-0.25, -0.2) is 13.3 Å². The zero-order valence-electron chi connectivity index (χ0n) is 21.9. The molecule has 1 fully saturated rings. The SMILES string of the molecule is CC1=C(CCCCCN2CCN(S(=O)(=O)c3ccccc3)CC2)C(=O)N(c2ccc(C#N)c(C(F)(F)F)c2)C1=O. The fourth-order valence-corrected chi connectivity index (χ4v) is 6.41. The number of benzene rings is 2. The Morgan fingerprint density at radius 2 is 1.60 bits per heavy atom. The molecule has 212 valence electrons. The molecule has 2 aromatic carbocycles. The van der Waals surface area contributed by atoms with Crippen molar-refractivity contribution in [2.45, 2.75) is 43.7 Å². The highest BCUT2D eigenvalue weighted by Crippen LogP contribution is 2.37. The van der Waals surface area contributed by atoms with Gasteiger partial charge in [0.2, 0.25) is 10.0 Å². The minimum Gasteiger partial charge on any atom is -0.301 e. The van der Waals surface area contributed by atoms with Crippen molar-refractivity contribution < 1.29 is 31.2 Å². The Morgan fingerprint density at radius 1 is 0.925 bits per heavy atom. The molecule has 8 nitrogen and oxygen atoms in total. The number of hydrogen-bond acceptors (Lipinski definition) is 6. The van der Waals surface area contributed by atoms with E-state index in [0.717, 1.165) is 30.4 Å². The average Bonchev–Trinajstić information content (AvgIpc) is 3.15. The summed E-state index contributed by atoms with van der Waals surface area (Å²) in [6, 6.07) is 12.6. The third-order valence-electron chi connectivity index (χ3n) is 7.24. The van der Waals surface area contributed by atoms with Crippen LogP contribution in [0.15, 0.2) is 64.6 Å². The highest BCUT2D eigenvalue weighted by atomic mass is 32.2. The Morgan fingerprint density at radius 3 is 2.23 bits per heavy atom. The van der Waals surface area contributed by atoms with Gasteiger partial charge in [-0.05, 0) is 63.1 Å². The molecule has 40 heavy (non-hydrogen) atoms. The van der Waals surface area contributed by atoms with E-state index >= 15 is 0 Å². The number of piperazine rings is 1. The minimum absolute atomic E-state index is 0.207. The molecule has 0 unspecified atom stereocenters. The Bertz CT molecular complexity index is 1460. The molecule has 2 amide bonds. The van der Waals surface area contributed by atoms with E-state index in [-0.39, 0.29) is 21.7 Å². The fraction of sp³-hybridized carbons (Fsp3) is 0.393. The number of nitriles is 1. The maximum absolute atomic E-state index is 13.4. The van der Waals surface area contributed by atoms with Gasteiger partial charge in [-0.3, -0.25) is 9.59 Å². The standard InChI is InChI=1S/C28H29F3N4O4S/c1-20-24(27(37)35(26(20)36)22-12-11-21(19-32)25(18-22)28(29,30)31)10-6-3-7-13-33-14-16-34(17-15-33)40(38,39)23-8-4-2-5-9-23/h2,4-5,8-9,11-12,18H,3,6-7,10,13-17H2,1H3. The fourth-order valence-electron chi connectivity index (χ4n) is 4.97. The largest absolute Gasteiger partial charge is 0.417 e. The average molecular weight is 575 g/mol. The summed E-state index contributed by atoms with van der Waals surface area (Å²) in [5.41, 5.74) is -1.51. The molecule has 2 aliphatic heterocycles. The smallest absolute Gasteiger partial charge is 0.301 e. The Labute approximate surface area is 231 Å². The van der Waals surface area contributed by atoms with Crippen LogP contribution in [0.5, 0.6) is 0 Å². The summed E-state index contributed by atoms with van der Waals surface area (Å²) in [5.74, 6) is -1.31. The molecule has 0 radical (unpaired) electrons. The van der Waals surface area contributed by atoms with Gasteiger partial charge in [0.1, 0.15) is 0 Å². The lowest BCUT2D eigenvalue weighted by Gasteiger charge is -2.34. The van der Waals surface area contributed by atoms with E-state index in [0.29, 0.717) is 45.1 Å². The number of amides is 2. The molecule has 0 aliphatic carbocycles. The lowest BCUT2D eigenvalue weighted by Crippen LogP contribution is -2.48. The molecule has 0 atom stereocenters. The molecule has 4 rings (SSSR count). The third kappa shape index (κ3) is 6.11. The van der Waals surface area contributed by atoms with Gasteiger partial charge in [-0.15, -0.1) is 0 Å². The van der Waals surface area contributed by atoms with Crippen LogP contribution in [0.25, 0.3) is 0 Å². The second kappa shape index (κ2) is 11.9. The van der Waals surface area contributed by atoms with E-state index in [1.165, 1.54) is 23.4 Å². The van der Waals surface area contributed by atoms with Crippen molar-refractivity contribution >= 4 is 27.5 Å². The molecule has 0 saturated carbocycles. The third-order valence-corrected chi connectivity index (χ3v) is 9.15. The maximum Gasteiger partial charge on any atom is 0.417 e. The molecule has 2 aromatic rings. The van der Waals surface area contributed by atoms with Gasteiger partial charge in [-0.1, -0.05) is 24.6 Å². The van der Waals surface area contributed by atoms with E-state index in [1.807, 2.05) is 0 Å². The van der Waals surface area contributed by atoms with Gasteiger partial charge in [0.05, 0.1) is 27.8 Å². The second-order valence-corrected chi connectivity index (χ2v) is 11.7. The van der Waals surface area contributed by atoms with Crippen LogP contribution >= 0.6 is 0 Å². The highest BCUT2D eigenvalue weighted by molar-refractivity contribution is 7.89. The van der Waals surface area contributed by atoms with E-state index in [2.05, 4.69) is 4.90 Å². The lowest BCUT2D eigenvalue weighted by molar-refractivity contribution is -0.138. The van der Waals surface area contributed by atoms with Crippen LogP contribution < -0.4 is 4.90 Å². The van der Waals surface area contributed by atoms with Crippen molar-refractivity contribution in [1.82, 2.24) is 9.21 Å². The first kappa shape index (κ1) is 29.5. The molecule has 0 aromatic heterocycles. The van der Waals surface area contributed by atoms with Crippen LogP contribution in [0.4, 0.5) is 18.9 Å². The summed E-state index contributed by atoms with van der Waals surface area (Å²) in [6.07, 6.45) is -2.30. The summed E-state index contributed by atoms with van der Waals surface area (Å²) < 4.78 is 67.2. The van der Waals surface area contributed by atoms with Crippen LogP contribution in [0.1, 0.15) is 43.7 Å². The van der Waals surface area contributed by atoms with Crippen molar-refractivity contribution in [3.8, 4) is 6.07 Å². The molecule has 12 heteroatoms. The Kier molecular flexibility index (Phi) is 8.77. The quantitative estimate of drug-likeness (QED) is 0.326. The number of sulfonamides is 1. The van der Waals surface area contributed by atoms with Crippen molar-refractivity contribution in [3.05, 3.63) is 70.8 Å². The van der Waals surface area contributed by atoms with Gasteiger partial charge >= 0.3 is 6.18 Å². The number of alkyl halides is 3. The summed E-state index contributed by atoms with van der Waals surface area (Å²) in [7, 11) is -3.51. The number of unbranched alkanes of at least 4 members (excludes halogenated alkanes) is 2. The molecule has 0 bridgehead atoms. The molecular weight excluding hydrogens is 545 g/mol. The molecule has 0 N–H and O–H groups in total. The minimum atomic E-state index is -4.80. The Balaban J connectivity index is 1.26. The van der Waals surface area contributed by atoms with Crippen molar-refractivity contribution in [1.29, 1.82) is 5.26 Å². The van der Waals surface area contributed by atoms with Crippen molar-refractivity contribution in [2.24, 2.45) is 0 Å². The van der Waals surface area contributed by atoms with Gasteiger partial charge in [-0.2, -0.15) is 22.7 Å². The van der Waals surface area contributed by atoms with Crippen molar-refractivity contribution in [2.75, 3.05) is 37.6 Å². The summed E-state index contributed by atoms with van der Waals surface area (Å²) in [5, 5.41) is 9.00. The first-order chi connectivity index (χ1) is 18.9. The van der Waals surface area contributed by atoms with Crippen LogP contribution in [0.3, 0.4) is 0 Å². The number of carbonyl (C=O) groups excluding carboxylic acids is 2. The van der Waals surface area contributed by atoms with E-state index in [4.69, 9.17) is 5.26 Å².